The van der Waals surface area contributed by atoms with Crippen LogP contribution in [0.15, 0.2) is 18.3 Å². The Bertz CT molecular complexity index is 673. The smallest absolute Gasteiger partial charge is 0.270 e. The van der Waals surface area contributed by atoms with Gasteiger partial charge in [-0.1, -0.05) is 0 Å². The Morgan fingerprint density at radius 1 is 1.45 bits per heavy atom. The molecule has 0 aromatic carbocycles. The molecule has 1 amide bonds. The molecule has 1 spiro atoms. The molecule has 1 aromatic rings. The highest BCUT2D eigenvalue weighted by Gasteiger charge is 2.62. The number of rotatable bonds is 4. The fraction of sp³-hybridized carbons (Fsp3) is 0.667. The van der Waals surface area contributed by atoms with E-state index >= 15 is 0 Å². The van der Waals surface area contributed by atoms with Crippen LogP contribution in [0.5, 0.6) is 0 Å². The van der Waals surface area contributed by atoms with E-state index in [4.69, 9.17) is 4.74 Å². The zero-order valence-electron chi connectivity index (χ0n) is 13.0. The fourth-order valence-corrected chi connectivity index (χ4v) is 5.96. The summed E-state index contributed by atoms with van der Waals surface area (Å²) in [7, 11) is -1.34. The summed E-state index contributed by atoms with van der Waals surface area (Å²) in [4.78, 5) is 14.1. The minimum Gasteiger partial charge on any atom is -0.381 e. The first-order chi connectivity index (χ1) is 10.4. The largest absolute Gasteiger partial charge is 0.381 e. The zero-order chi connectivity index (χ0) is 16.0. The summed E-state index contributed by atoms with van der Waals surface area (Å²) in [6, 6.07) is 3.57. The Morgan fingerprint density at radius 3 is 2.77 bits per heavy atom. The lowest BCUT2D eigenvalue weighted by Crippen LogP contribution is -2.68. The highest BCUT2D eigenvalue weighted by molar-refractivity contribution is 7.93. The van der Waals surface area contributed by atoms with Gasteiger partial charge in [-0.3, -0.25) is 4.79 Å². The molecule has 22 heavy (non-hydrogen) atoms. The van der Waals surface area contributed by atoms with E-state index < -0.39 is 14.6 Å². The number of nitrogens with zero attached hydrogens (tertiary/aromatic N) is 2. The van der Waals surface area contributed by atoms with Crippen LogP contribution in [0.4, 0.5) is 0 Å². The molecule has 6 nitrogen and oxygen atoms in total. The SMILES string of the molecule is CCOC[C@@H]1CCS(=O)(=O)C12CN(C(=O)c1cccn1C)C2. The lowest BCUT2D eigenvalue weighted by Gasteiger charge is -2.49. The average molecular weight is 326 g/mol. The molecule has 1 atom stereocenters. The number of aromatic nitrogens is 1. The van der Waals surface area contributed by atoms with Crippen LogP contribution in [0, 0.1) is 5.92 Å². The van der Waals surface area contributed by atoms with Crippen LogP contribution in [0.25, 0.3) is 0 Å². The van der Waals surface area contributed by atoms with Crippen LogP contribution in [0.1, 0.15) is 23.8 Å². The molecule has 0 unspecified atom stereocenters. The van der Waals surface area contributed by atoms with Gasteiger partial charge >= 0.3 is 0 Å². The van der Waals surface area contributed by atoms with Gasteiger partial charge in [0, 0.05) is 38.9 Å². The van der Waals surface area contributed by atoms with Crippen LogP contribution in [-0.4, -0.2) is 60.6 Å². The van der Waals surface area contributed by atoms with E-state index in [2.05, 4.69) is 0 Å². The normalized spacial score (nSPS) is 25.4. The van der Waals surface area contributed by atoms with Gasteiger partial charge in [0.2, 0.25) is 0 Å². The minimum atomic E-state index is -3.16. The maximum Gasteiger partial charge on any atom is 0.270 e. The topological polar surface area (TPSA) is 68.6 Å². The maximum absolute atomic E-state index is 12.5. The van der Waals surface area contributed by atoms with Crippen molar-refractivity contribution in [3.63, 3.8) is 0 Å². The summed E-state index contributed by atoms with van der Waals surface area (Å²) in [5.41, 5.74) is 0.589. The summed E-state index contributed by atoms with van der Waals surface area (Å²) < 4.78 is 31.4. The molecule has 0 N–H and O–H groups in total. The van der Waals surface area contributed by atoms with Crippen molar-refractivity contribution in [1.82, 2.24) is 9.47 Å². The number of aryl methyl sites for hydroxylation is 1. The Morgan fingerprint density at radius 2 is 2.18 bits per heavy atom. The van der Waals surface area contributed by atoms with Crippen molar-refractivity contribution in [3.8, 4) is 0 Å². The zero-order valence-corrected chi connectivity index (χ0v) is 13.8. The molecule has 2 aliphatic heterocycles. The Balaban J connectivity index is 1.76. The van der Waals surface area contributed by atoms with Crippen LogP contribution < -0.4 is 0 Å². The highest BCUT2D eigenvalue weighted by atomic mass is 32.2. The first-order valence-electron chi connectivity index (χ1n) is 7.62. The van der Waals surface area contributed by atoms with Crippen molar-refractivity contribution in [2.24, 2.45) is 13.0 Å². The van der Waals surface area contributed by atoms with E-state index in [0.29, 0.717) is 25.3 Å². The molecule has 2 fully saturated rings. The third-order valence-electron chi connectivity index (χ3n) is 4.99. The van der Waals surface area contributed by atoms with Crippen LogP contribution in [0.2, 0.25) is 0 Å². The number of hydrogen-bond donors (Lipinski definition) is 0. The van der Waals surface area contributed by atoms with Crippen LogP contribution in [0.3, 0.4) is 0 Å². The van der Waals surface area contributed by atoms with E-state index in [1.54, 1.807) is 15.5 Å². The second kappa shape index (κ2) is 5.38. The van der Waals surface area contributed by atoms with Crippen molar-refractivity contribution in [2.75, 3.05) is 32.1 Å². The number of carbonyl (C=O) groups is 1. The van der Waals surface area contributed by atoms with Gasteiger partial charge in [0.15, 0.2) is 9.84 Å². The van der Waals surface area contributed by atoms with Crippen molar-refractivity contribution in [1.29, 1.82) is 0 Å². The average Bonchev–Trinajstić information content (AvgIpc) is 2.95. The molecular weight excluding hydrogens is 304 g/mol. The van der Waals surface area contributed by atoms with E-state index in [9.17, 15) is 13.2 Å². The summed E-state index contributed by atoms with van der Waals surface area (Å²) >= 11 is 0. The van der Waals surface area contributed by atoms with Gasteiger partial charge in [-0.05, 0) is 25.5 Å². The predicted octanol–water partition coefficient (Wildman–Crippen LogP) is 0.691. The number of likely N-dealkylation sites (tertiary alicyclic amines) is 1. The molecule has 2 aliphatic rings. The third kappa shape index (κ3) is 2.18. The van der Waals surface area contributed by atoms with Crippen molar-refractivity contribution in [3.05, 3.63) is 24.0 Å². The van der Waals surface area contributed by atoms with Crippen LogP contribution in [-0.2, 0) is 21.6 Å². The van der Waals surface area contributed by atoms with Gasteiger partial charge in [-0.25, -0.2) is 8.42 Å². The molecule has 3 rings (SSSR count). The molecule has 1 aromatic heterocycles. The quantitative estimate of drug-likeness (QED) is 0.816. The first-order valence-corrected chi connectivity index (χ1v) is 9.27. The second-order valence-corrected chi connectivity index (χ2v) is 8.65. The Hall–Kier alpha value is -1.34. The molecule has 0 saturated carbocycles. The van der Waals surface area contributed by atoms with Gasteiger partial charge in [-0.15, -0.1) is 0 Å². The number of ether oxygens (including phenoxy) is 1. The van der Waals surface area contributed by atoms with Gasteiger partial charge in [0.25, 0.3) is 5.91 Å². The van der Waals surface area contributed by atoms with E-state index in [1.165, 1.54) is 0 Å². The monoisotopic (exact) mass is 326 g/mol. The number of sulfone groups is 1. The predicted molar refractivity (Wildman–Crippen MR) is 82.4 cm³/mol. The van der Waals surface area contributed by atoms with Crippen molar-refractivity contribution < 1.29 is 17.9 Å². The van der Waals surface area contributed by atoms with E-state index in [0.717, 1.165) is 0 Å². The fourth-order valence-electron chi connectivity index (χ4n) is 3.56. The molecule has 2 saturated heterocycles. The number of amides is 1. The summed E-state index contributed by atoms with van der Waals surface area (Å²) in [6.07, 6.45) is 2.45. The van der Waals surface area contributed by atoms with Crippen molar-refractivity contribution in [2.45, 2.75) is 18.1 Å². The van der Waals surface area contributed by atoms with Gasteiger partial charge in [-0.2, -0.15) is 0 Å². The molecular formula is C15H22N2O4S. The first kappa shape index (κ1) is 15.6. The molecule has 122 valence electrons. The van der Waals surface area contributed by atoms with Crippen molar-refractivity contribution >= 4 is 15.7 Å². The maximum atomic E-state index is 12.5. The molecule has 7 heteroatoms. The lowest BCUT2D eigenvalue weighted by atomic mass is 9.83. The van der Waals surface area contributed by atoms with E-state index in [-0.39, 0.29) is 30.7 Å². The summed E-state index contributed by atoms with van der Waals surface area (Å²) in [5, 5.41) is 0. The Labute approximate surface area is 131 Å². The molecule has 0 bridgehead atoms. The number of carbonyl (C=O) groups excluding carboxylic acids is 1. The number of hydrogen-bond acceptors (Lipinski definition) is 4. The van der Waals surface area contributed by atoms with Crippen LogP contribution >= 0.6 is 0 Å². The second-order valence-electron chi connectivity index (χ2n) is 6.19. The molecule has 3 heterocycles. The highest BCUT2D eigenvalue weighted by Crippen LogP contribution is 2.45. The standard InChI is InChI=1S/C15H22N2O4S/c1-3-21-9-12-6-8-22(19,20)15(12)10-17(11-15)14(18)13-5-4-7-16(13)2/h4-5,7,12H,3,6,8-11H2,1-2H3/t12-/m0/s1. The summed E-state index contributed by atoms with van der Waals surface area (Å²) in [5.74, 6) is 0.0991. The minimum absolute atomic E-state index is 0.00471. The summed E-state index contributed by atoms with van der Waals surface area (Å²) in [6.45, 7) is 3.52. The van der Waals surface area contributed by atoms with Gasteiger partial charge in [0.05, 0.1) is 12.4 Å². The van der Waals surface area contributed by atoms with Gasteiger partial charge in [0.1, 0.15) is 10.4 Å². The third-order valence-corrected chi connectivity index (χ3v) is 7.59. The molecule has 0 aliphatic carbocycles. The molecule has 0 radical (unpaired) electrons. The lowest BCUT2D eigenvalue weighted by molar-refractivity contribution is 0.0264. The van der Waals surface area contributed by atoms with Gasteiger partial charge < -0.3 is 14.2 Å². The van der Waals surface area contributed by atoms with E-state index in [1.807, 2.05) is 26.2 Å². The Kier molecular flexibility index (Phi) is 3.81.